The molecule has 0 bridgehead atoms. The molecule has 0 atom stereocenters. The van der Waals surface area contributed by atoms with E-state index < -0.39 is 11.6 Å². The van der Waals surface area contributed by atoms with Crippen molar-refractivity contribution in [2.24, 2.45) is 0 Å². The van der Waals surface area contributed by atoms with E-state index in [1.54, 1.807) is 0 Å². The van der Waals surface area contributed by atoms with Gasteiger partial charge in [0.25, 0.3) is 0 Å². The highest BCUT2D eigenvalue weighted by Gasteiger charge is 2.17. The fourth-order valence-corrected chi connectivity index (χ4v) is 3.77. The number of imidazole rings is 1. The van der Waals surface area contributed by atoms with Crippen LogP contribution in [0.1, 0.15) is 12.5 Å². The first kappa shape index (κ1) is 20.8. The molecule has 2 aliphatic rings. The molecule has 2 aliphatic heterocycles. The van der Waals surface area contributed by atoms with Gasteiger partial charge in [0.1, 0.15) is 11.4 Å². The SMILES string of the molecule is CCOc1ccc(-c2ccc(Cn3ccc4nc(-c5cccc(F)c5F)nc-4c3)cc2)cc1. The molecule has 0 N–H and O–H groups in total. The Labute approximate surface area is 190 Å². The Morgan fingerprint density at radius 2 is 1.52 bits per heavy atom. The molecule has 0 aromatic heterocycles. The Bertz CT molecular complexity index is 1360. The number of aromatic nitrogens is 3. The third-order valence-electron chi connectivity index (χ3n) is 5.44. The smallest absolute Gasteiger partial charge is 0.169 e. The van der Waals surface area contributed by atoms with Gasteiger partial charge in [0.15, 0.2) is 17.5 Å². The van der Waals surface area contributed by atoms with E-state index >= 15 is 0 Å². The highest BCUT2D eigenvalue weighted by atomic mass is 19.2. The summed E-state index contributed by atoms with van der Waals surface area (Å²) in [5.74, 6) is -0.804. The largest absolute Gasteiger partial charge is 0.494 e. The van der Waals surface area contributed by atoms with E-state index in [1.165, 1.54) is 12.1 Å². The summed E-state index contributed by atoms with van der Waals surface area (Å²) in [6.07, 6.45) is 3.77. The minimum atomic E-state index is -0.937. The maximum Gasteiger partial charge on any atom is 0.169 e. The van der Waals surface area contributed by atoms with E-state index in [0.717, 1.165) is 28.5 Å². The second-order valence-corrected chi connectivity index (χ2v) is 7.69. The second kappa shape index (κ2) is 8.82. The number of nitrogens with zero attached hydrogens (tertiary/aromatic N) is 3. The van der Waals surface area contributed by atoms with Gasteiger partial charge in [-0.05, 0) is 53.9 Å². The summed E-state index contributed by atoms with van der Waals surface area (Å²) >= 11 is 0. The van der Waals surface area contributed by atoms with E-state index in [2.05, 4.69) is 46.4 Å². The molecule has 0 fully saturated rings. The lowest BCUT2D eigenvalue weighted by molar-refractivity contribution is 0.340. The van der Waals surface area contributed by atoms with Crippen molar-refractivity contribution in [2.75, 3.05) is 6.61 Å². The van der Waals surface area contributed by atoms with Crippen molar-refractivity contribution in [1.82, 2.24) is 14.5 Å². The molecule has 6 heteroatoms. The molecule has 3 aromatic rings. The van der Waals surface area contributed by atoms with Crippen LogP contribution in [-0.2, 0) is 6.54 Å². The minimum Gasteiger partial charge on any atom is -0.494 e. The highest BCUT2D eigenvalue weighted by Crippen LogP contribution is 2.28. The molecule has 5 rings (SSSR count). The summed E-state index contributed by atoms with van der Waals surface area (Å²) in [5, 5.41) is 0. The van der Waals surface area contributed by atoms with Crippen molar-refractivity contribution >= 4 is 0 Å². The molecule has 0 saturated heterocycles. The predicted molar refractivity (Wildman–Crippen MR) is 124 cm³/mol. The Kier molecular flexibility index (Phi) is 5.57. The molecular formula is C27H21F2N3O. The molecule has 0 unspecified atom stereocenters. The quantitative estimate of drug-likeness (QED) is 0.304. The first-order chi connectivity index (χ1) is 16.1. The third kappa shape index (κ3) is 4.32. The van der Waals surface area contributed by atoms with Crippen LogP contribution in [0.15, 0.2) is 85.2 Å². The summed E-state index contributed by atoms with van der Waals surface area (Å²) < 4.78 is 35.2. The van der Waals surface area contributed by atoms with Crippen molar-refractivity contribution in [2.45, 2.75) is 13.5 Å². The Hall–Kier alpha value is -4.06. The zero-order valence-corrected chi connectivity index (χ0v) is 18.0. The summed E-state index contributed by atoms with van der Waals surface area (Å²) in [4.78, 5) is 8.77. The Morgan fingerprint density at radius 3 is 2.24 bits per heavy atom. The first-order valence-electron chi connectivity index (χ1n) is 10.7. The lowest BCUT2D eigenvalue weighted by atomic mass is 10.0. The maximum atomic E-state index is 14.1. The van der Waals surface area contributed by atoms with Crippen LogP contribution in [0.25, 0.3) is 33.9 Å². The van der Waals surface area contributed by atoms with Crippen LogP contribution in [0.4, 0.5) is 8.78 Å². The van der Waals surface area contributed by atoms with Gasteiger partial charge in [-0.2, -0.15) is 0 Å². The van der Waals surface area contributed by atoms with E-state index in [0.29, 0.717) is 24.5 Å². The summed E-state index contributed by atoms with van der Waals surface area (Å²) in [5.41, 5.74) is 4.71. The molecule has 0 aliphatic carbocycles. The van der Waals surface area contributed by atoms with Crippen LogP contribution < -0.4 is 4.74 Å². The van der Waals surface area contributed by atoms with E-state index in [-0.39, 0.29) is 11.4 Å². The zero-order valence-electron chi connectivity index (χ0n) is 18.0. The first-order valence-corrected chi connectivity index (χ1v) is 10.7. The van der Waals surface area contributed by atoms with Crippen LogP contribution in [0, 0.1) is 11.6 Å². The Balaban J connectivity index is 1.35. The predicted octanol–water partition coefficient (Wildman–Crippen LogP) is 6.44. The Morgan fingerprint density at radius 1 is 0.818 bits per heavy atom. The van der Waals surface area contributed by atoms with Crippen LogP contribution in [-0.4, -0.2) is 21.1 Å². The number of rotatable bonds is 6. The molecular weight excluding hydrogens is 420 g/mol. The summed E-state index contributed by atoms with van der Waals surface area (Å²) in [7, 11) is 0. The lowest BCUT2D eigenvalue weighted by Crippen LogP contribution is -2.00. The van der Waals surface area contributed by atoms with Crippen LogP contribution >= 0.6 is 0 Å². The van der Waals surface area contributed by atoms with Gasteiger partial charge in [-0.3, -0.25) is 0 Å². The van der Waals surface area contributed by atoms with Crippen LogP contribution in [0.2, 0.25) is 0 Å². The number of benzene rings is 3. The molecule has 0 saturated carbocycles. The van der Waals surface area contributed by atoms with Crippen LogP contribution in [0.3, 0.4) is 0 Å². The second-order valence-electron chi connectivity index (χ2n) is 7.69. The van der Waals surface area contributed by atoms with Crippen molar-refractivity contribution in [1.29, 1.82) is 0 Å². The van der Waals surface area contributed by atoms with E-state index in [1.807, 2.05) is 42.1 Å². The van der Waals surface area contributed by atoms with E-state index in [4.69, 9.17) is 4.74 Å². The molecule has 2 heterocycles. The van der Waals surface area contributed by atoms with Crippen molar-refractivity contribution in [3.63, 3.8) is 0 Å². The van der Waals surface area contributed by atoms with Gasteiger partial charge in [0.05, 0.1) is 17.9 Å². The van der Waals surface area contributed by atoms with Crippen LogP contribution in [0.5, 0.6) is 5.75 Å². The molecule has 0 radical (unpaired) electrons. The van der Waals surface area contributed by atoms with Gasteiger partial charge in [0.2, 0.25) is 0 Å². The number of hydrogen-bond donors (Lipinski definition) is 0. The molecule has 0 amide bonds. The van der Waals surface area contributed by atoms with Gasteiger partial charge in [0, 0.05) is 18.9 Å². The van der Waals surface area contributed by atoms with Gasteiger partial charge < -0.3 is 9.30 Å². The van der Waals surface area contributed by atoms with Gasteiger partial charge in [-0.15, -0.1) is 0 Å². The summed E-state index contributed by atoms with van der Waals surface area (Å²) in [6.45, 7) is 3.27. The zero-order chi connectivity index (χ0) is 22.8. The van der Waals surface area contributed by atoms with Gasteiger partial charge in [-0.25, -0.2) is 18.7 Å². The highest BCUT2D eigenvalue weighted by molar-refractivity contribution is 5.66. The normalized spacial score (nSPS) is 11.1. The number of ether oxygens (including phenoxy) is 1. The monoisotopic (exact) mass is 441 g/mol. The molecule has 0 spiro atoms. The lowest BCUT2D eigenvalue weighted by Gasteiger charge is -2.09. The molecule has 4 nitrogen and oxygen atoms in total. The molecule has 3 aromatic carbocycles. The standard InChI is InChI=1S/C27H21F2N3O/c1-2-33-21-12-10-20(11-13-21)19-8-6-18(7-9-19)16-32-15-14-24-25(17-32)31-27(30-24)22-4-3-5-23(28)26(22)29/h3-15,17H,2,16H2,1H3. The van der Waals surface area contributed by atoms with Gasteiger partial charge in [-0.1, -0.05) is 42.5 Å². The number of fused-ring (bicyclic) bond motifs is 1. The number of hydrogen-bond acceptors (Lipinski definition) is 3. The van der Waals surface area contributed by atoms with Crippen molar-refractivity contribution < 1.29 is 13.5 Å². The summed E-state index contributed by atoms with van der Waals surface area (Å²) in [6, 6.07) is 22.3. The topological polar surface area (TPSA) is 39.9 Å². The van der Waals surface area contributed by atoms with Gasteiger partial charge >= 0.3 is 0 Å². The average molecular weight is 441 g/mol. The van der Waals surface area contributed by atoms with Crippen molar-refractivity contribution in [3.8, 4) is 39.7 Å². The molecule has 164 valence electrons. The van der Waals surface area contributed by atoms with E-state index in [9.17, 15) is 8.78 Å². The number of pyridine rings is 1. The average Bonchev–Trinajstić information content (AvgIpc) is 3.25. The van der Waals surface area contributed by atoms with Crippen molar-refractivity contribution in [3.05, 3.63) is 102 Å². The molecule has 33 heavy (non-hydrogen) atoms. The number of halogens is 2. The fourth-order valence-electron chi connectivity index (χ4n) is 3.77. The minimum absolute atomic E-state index is 0.0580. The fraction of sp³-hybridized carbons (Fsp3) is 0.111. The maximum absolute atomic E-state index is 14.1. The third-order valence-corrected chi connectivity index (χ3v) is 5.44.